The van der Waals surface area contributed by atoms with Gasteiger partial charge in [0.05, 0.1) is 21.9 Å². The van der Waals surface area contributed by atoms with E-state index >= 15 is 0 Å². The molecule has 0 spiro atoms. The molecule has 0 saturated carbocycles. The molecule has 0 aromatic carbocycles. The normalized spacial score (nSPS) is 28.7. The summed E-state index contributed by atoms with van der Waals surface area (Å²) in [6.07, 6.45) is 4.05. The molecule has 2 aliphatic heterocycles. The zero-order valence-corrected chi connectivity index (χ0v) is 11.9. The van der Waals surface area contributed by atoms with Gasteiger partial charge in [-0.1, -0.05) is 0 Å². The van der Waals surface area contributed by atoms with Gasteiger partial charge in [0.2, 0.25) is 0 Å². The van der Waals surface area contributed by atoms with Crippen molar-refractivity contribution in [3.05, 3.63) is 23.5 Å². The molecule has 1 amide bonds. The van der Waals surface area contributed by atoms with E-state index in [1.165, 1.54) is 30.8 Å². The van der Waals surface area contributed by atoms with Crippen molar-refractivity contribution in [3.63, 3.8) is 0 Å². The summed E-state index contributed by atoms with van der Waals surface area (Å²) in [4.78, 5) is 23.1. The largest absolute Gasteiger partial charge is 0.347 e. The fraction of sp³-hybridized carbons (Fsp3) is 0.500. The second kappa shape index (κ2) is 4.79. The third-order valence-corrected chi connectivity index (χ3v) is 5.04. The van der Waals surface area contributed by atoms with Crippen LogP contribution in [0.25, 0.3) is 10.2 Å². The number of carbonyl (C=O) groups excluding carboxylic acids is 1. The standard InChI is InChI=1S/C14H16N4OS/c19-14(11-4-13-12(5-15-11)16-8-20-13)17-10-3-9-1-2-18(6-9)7-10/h4-5,8-10H,1-3,6-7H2,(H,17,19)/t9-,10+/m0/s1. The number of rotatable bonds is 2. The van der Waals surface area contributed by atoms with Crippen LogP contribution in [0.15, 0.2) is 17.8 Å². The van der Waals surface area contributed by atoms with Gasteiger partial charge in [0.25, 0.3) is 5.91 Å². The minimum atomic E-state index is -0.0622. The number of hydrogen-bond donors (Lipinski definition) is 1. The molecule has 104 valence electrons. The van der Waals surface area contributed by atoms with Crippen LogP contribution in [0.5, 0.6) is 0 Å². The maximum Gasteiger partial charge on any atom is 0.270 e. The van der Waals surface area contributed by atoms with Crippen LogP contribution in [-0.2, 0) is 0 Å². The van der Waals surface area contributed by atoms with Crippen LogP contribution in [0.3, 0.4) is 0 Å². The number of aromatic nitrogens is 2. The first kappa shape index (κ1) is 12.2. The van der Waals surface area contributed by atoms with Gasteiger partial charge in [0, 0.05) is 19.1 Å². The number of fused-ring (bicyclic) bond motifs is 3. The van der Waals surface area contributed by atoms with E-state index in [2.05, 4.69) is 20.2 Å². The molecule has 20 heavy (non-hydrogen) atoms. The average Bonchev–Trinajstić information content (AvgIpc) is 3.04. The number of thiazole rings is 1. The summed E-state index contributed by atoms with van der Waals surface area (Å²) >= 11 is 1.54. The summed E-state index contributed by atoms with van der Waals surface area (Å²) in [5.74, 6) is 0.693. The number of nitrogens with zero attached hydrogens (tertiary/aromatic N) is 3. The molecule has 0 aliphatic carbocycles. The van der Waals surface area contributed by atoms with Gasteiger partial charge in [0.1, 0.15) is 5.69 Å². The number of piperidine rings is 1. The number of carbonyl (C=O) groups is 1. The fourth-order valence-corrected chi connectivity index (χ4v) is 3.99. The molecule has 2 fully saturated rings. The number of hydrogen-bond acceptors (Lipinski definition) is 5. The van der Waals surface area contributed by atoms with Gasteiger partial charge in [-0.25, -0.2) is 9.97 Å². The summed E-state index contributed by atoms with van der Waals surface area (Å²) in [6, 6.07) is 2.10. The SMILES string of the molecule is O=C(N[C@@H]1C[C@@H]2CCN(C2)C1)c1cc2scnc2cn1. The molecule has 2 aromatic heterocycles. The topological polar surface area (TPSA) is 58.1 Å². The lowest BCUT2D eigenvalue weighted by Gasteiger charge is -2.30. The van der Waals surface area contributed by atoms with E-state index in [1.807, 2.05) is 6.07 Å². The predicted molar refractivity (Wildman–Crippen MR) is 77.8 cm³/mol. The Hall–Kier alpha value is -1.53. The molecular weight excluding hydrogens is 272 g/mol. The highest BCUT2D eigenvalue weighted by Crippen LogP contribution is 2.27. The summed E-state index contributed by atoms with van der Waals surface area (Å²) in [7, 11) is 0. The number of pyridine rings is 1. The second-order valence-electron chi connectivity index (χ2n) is 5.71. The maximum atomic E-state index is 12.3. The molecule has 4 heterocycles. The van der Waals surface area contributed by atoms with Crippen LogP contribution < -0.4 is 5.32 Å². The van der Waals surface area contributed by atoms with Crippen molar-refractivity contribution in [1.29, 1.82) is 0 Å². The molecule has 1 N–H and O–H groups in total. The lowest BCUT2D eigenvalue weighted by Crippen LogP contribution is -2.47. The van der Waals surface area contributed by atoms with Gasteiger partial charge in [-0.05, 0) is 31.4 Å². The van der Waals surface area contributed by atoms with Gasteiger partial charge in [0.15, 0.2) is 0 Å². The molecule has 4 rings (SSSR count). The van der Waals surface area contributed by atoms with Crippen LogP contribution in [0, 0.1) is 5.92 Å². The van der Waals surface area contributed by atoms with Crippen LogP contribution in [0.2, 0.25) is 0 Å². The van der Waals surface area contributed by atoms with E-state index in [9.17, 15) is 4.79 Å². The minimum absolute atomic E-state index is 0.0622. The maximum absolute atomic E-state index is 12.3. The van der Waals surface area contributed by atoms with Crippen molar-refractivity contribution in [2.24, 2.45) is 5.92 Å². The van der Waals surface area contributed by atoms with Crippen LogP contribution >= 0.6 is 11.3 Å². The van der Waals surface area contributed by atoms with Crippen molar-refractivity contribution in [3.8, 4) is 0 Å². The third kappa shape index (κ3) is 2.19. The van der Waals surface area contributed by atoms with Crippen molar-refractivity contribution < 1.29 is 4.79 Å². The Morgan fingerprint density at radius 3 is 3.25 bits per heavy atom. The molecule has 2 saturated heterocycles. The third-order valence-electron chi connectivity index (χ3n) is 4.25. The van der Waals surface area contributed by atoms with Gasteiger partial charge >= 0.3 is 0 Å². The lowest BCUT2D eigenvalue weighted by molar-refractivity contribution is 0.0904. The van der Waals surface area contributed by atoms with Gasteiger partial charge in [-0.2, -0.15) is 0 Å². The van der Waals surface area contributed by atoms with Crippen LogP contribution in [0.4, 0.5) is 0 Å². The highest BCUT2D eigenvalue weighted by molar-refractivity contribution is 7.16. The molecule has 3 atom stereocenters. The zero-order chi connectivity index (χ0) is 13.5. The van der Waals surface area contributed by atoms with E-state index in [0.29, 0.717) is 5.69 Å². The quantitative estimate of drug-likeness (QED) is 0.910. The minimum Gasteiger partial charge on any atom is -0.347 e. The summed E-state index contributed by atoms with van der Waals surface area (Å²) in [5.41, 5.74) is 3.13. The predicted octanol–water partition coefficient (Wildman–Crippen LogP) is 1.52. The summed E-state index contributed by atoms with van der Waals surface area (Å²) in [5, 5.41) is 3.13. The Kier molecular flexibility index (Phi) is 2.93. The van der Waals surface area contributed by atoms with Gasteiger partial charge in [-0.15, -0.1) is 11.3 Å². The Morgan fingerprint density at radius 1 is 1.40 bits per heavy atom. The Balaban J connectivity index is 1.49. The van der Waals surface area contributed by atoms with E-state index in [1.54, 1.807) is 11.7 Å². The van der Waals surface area contributed by atoms with Crippen molar-refractivity contribution in [1.82, 2.24) is 20.2 Å². The van der Waals surface area contributed by atoms with Crippen molar-refractivity contribution in [2.75, 3.05) is 19.6 Å². The first-order valence-corrected chi connectivity index (χ1v) is 7.88. The number of nitrogens with one attached hydrogen (secondary N) is 1. The fourth-order valence-electron chi connectivity index (χ4n) is 3.31. The van der Waals surface area contributed by atoms with Crippen molar-refractivity contribution >= 4 is 27.5 Å². The molecule has 5 nitrogen and oxygen atoms in total. The second-order valence-corrected chi connectivity index (χ2v) is 6.60. The molecule has 2 aromatic rings. The molecule has 0 radical (unpaired) electrons. The monoisotopic (exact) mass is 288 g/mol. The van der Waals surface area contributed by atoms with Gasteiger partial charge in [-0.3, -0.25) is 4.79 Å². The van der Waals surface area contributed by atoms with E-state index in [0.717, 1.165) is 29.1 Å². The Morgan fingerprint density at radius 2 is 2.35 bits per heavy atom. The Labute approximate surface area is 121 Å². The molecule has 1 unspecified atom stereocenters. The molecule has 2 aliphatic rings. The summed E-state index contributed by atoms with van der Waals surface area (Å²) in [6.45, 7) is 3.37. The first-order chi connectivity index (χ1) is 9.78. The lowest BCUT2D eigenvalue weighted by atomic mass is 9.97. The average molecular weight is 288 g/mol. The van der Waals surface area contributed by atoms with Crippen LogP contribution in [0.1, 0.15) is 23.3 Å². The smallest absolute Gasteiger partial charge is 0.270 e. The first-order valence-electron chi connectivity index (χ1n) is 7.00. The molecular formula is C14H16N4OS. The van der Waals surface area contributed by atoms with Crippen molar-refractivity contribution in [2.45, 2.75) is 18.9 Å². The zero-order valence-electron chi connectivity index (χ0n) is 11.1. The Bertz CT molecular complexity index is 643. The van der Waals surface area contributed by atoms with E-state index in [-0.39, 0.29) is 11.9 Å². The highest BCUT2D eigenvalue weighted by atomic mass is 32.1. The van der Waals surface area contributed by atoms with E-state index < -0.39 is 0 Å². The molecule has 2 bridgehead atoms. The van der Waals surface area contributed by atoms with Crippen LogP contribution in [-0.4, -0.2) is 46.5 Å². The highest BCUT2D eigenvalue weighted by Gasteiger charge is 2.33. The number of amides is 1. The van der Waals surface area contributed by atoms with Gasteiger partial charge < -0.3 is 10.2 Å². The summed E-state index contributed by atoms with van der Waals surface area (Å²) < 4.78 is 1.01. The van der Waals surface area contributed by atoms with E-state index in [4.69, 9.17) is 0 Å². The molecule has 6 heteroatoms.